The van der Waals surface area contributed by atoms with Crippen molar-refractivity contribution < 1.29 is 9.36 Å². The Morgan fingerprint density at radius 3 is 2.30 bits per heavy atom. The second kappa shape index (κ2) is 8.17. The van der Waals surface area contributed by atoms with Crippen molar-refractivity contribution in [1.82, 2.24) is 0 Å². The van der Waals surface area contributed by atoms with Crippen LogP contribution in [0.5, 0.6) is 0 Å². The number of unbranched alkanes of at least 4 members (excludes halogenated alkanes) is 1. The second-order valence-electron chi connectivity index (χ2n) is 5.95. The van der Waals surface area contributed by atoms with Gasteiger partial charge in [0.05, 0.1) is 5.66 Å². The molecule has 0 heterocycles. The van der Waals surface area contributed by atoms with Crippen molar-refractivity contribution in [2.75, 3.05) is 0 Å². The van der Waals surface area contributed by atoms with Gasteiger partial charge in [-0.2, -0.15) is 0 Å². The molecule has 2 nitrogen and oxygen atoms in total. The molecule has 0 spiro atoms. The van der Waals surface area contributed by atoms with Gasteiger partial charge >= 0.3 is 0 Å². The molecule has 0 bridgehead atoms. The van der Waals surface area contributed by atoms with E-state index in [4.69, 9.17) is 0 Å². The summed E-state index contributed by atoms with van der Waals surface area (Å²) in [5.41, 5.74) is 4.18. The van der Waals surface area contributed by atoms with Crippen molar-refractivity contribution in [3.05, 3.63) is 70.3 Å². The molecule has 2 rings (SSSR count). The number of carbonyl (C=O) groups is 1. The van der Waals surface area contributed by atoms with Gasteiger partial charge in [0.1, 0.15) is 0 Å². The lowest BCUT2D eigenvalue weighted by atomic mass is 9.90. The summed E-state index contributed by atoms with van der Waals surface area (Å²) in [6.45, 7) is 6.04. The highest BCUT2D eigenvalue weighted by Crippen LogP contribution is 2.35. The van der Waals surface area contributed by atoms with Gasteiger partial charge in [-0.05, 0) is 37.0 Å². The molecule has 0 N–H and O–H groups in total. The zero-order valence-corrected chi connectivity index (χ0v) is 14.9. The molecule has 0 amide bonds. The predicted molar refractivity (Wildman–Crippen MR) is 95.7 cm³/mol. The number of aryl methyl sites for hydroxylation is 2. The topological polar surface area (TPSA) is 34.1 Å². The van der Waals surface area contributed by atoms with Crippen molar-refractivity contribution in [3.8, 4) is 0 Å². The van der Waals surface area contributed by atoms with Crippen LogP contribution >= 0.6 is 8.46 Å². The van der Waals surface area contributed by atoms with Gasteiger partial charge in [-0.3, -0.25) is 9.36 Å². The highest BCUT2D eigenvalue weighted by atomic mass is 31.1. The van der Waals surface area contributed by atoms with E-state index in [-0.39, 0.29) is 19.9 Å². The molecule has 0 aromatic heterocycles. The molecule has 0 fully saturated rings. The van der Waals surface area contributed by atoms with Crippen LogP contribution in [0.2, 0.25) is 0 Å². The number of hydrogen-bond acceptors (Lipinski definition) is 2. The van der Waals surface area contributed by atoms with Crippen LogP contribution in [0, 0.1) is 13.8 Å². The Labute approximate surface area is 140 Å². The normalized spacial score (nSPS) is 12.3. The molecule has 0 saturated carbocycles. The Morgan fingerprint density at radius 1 is 1.04 bits per heavy atom. The Morgan fingerprint density at radius 2 is 1.70 bits per heavy atom. The predicted octanol–water partition coefficient (Wildman–Crippen LogP) is 6.06. The Bertz CT molecular complexity index is 686. The summed E-state index contributed by atoms with van der Waals surface area (Å²) in [5.74, 6) is 0.0290. The largest absolute Gasteiger partial charge is 0.289 e. The van der Waals surface area contributed by atoms with E-state index >= 15 is 0 Å². The fourth-order valence-electron chi connectivity index (χ4n) is 2.96. The van der Waals surface area contributed by atoms with E-state index in [0.717, 1.165) is 41.5 Å². The molecule has 23 heavy (non-hydrogen) atoms. The molecule has 0 aliphatic rings. The van der Waals surface area contributed by atoms with Crippen LogP contribution in [0.25, 0.3) is 0 Å². The van der Waals surface area contributed by atoms with E-state index in [1.165, 1.54) is 0 Å². The summed E-state index contributed by atoms with van der Waals surface area (Å²) in [6, 6.07) is 13.5. The van der Waals surface area contributed by atoms with E-state index in [9.17, 15) is 9.36 Å². The highest BCUT2D eigenvalue weighted by Gasteiger charge is 2.22. The minimum Gasteiger partial charge on any atom is -0.289 e. The zero-order valence-electron chi connectivity index (χ0n) is 14.0. The average molecular weight is 326 g/mol. The van der Waals surface area contributed by atoms with Crippen LogP contribution in [-0.2, 0) is 4.57 Å². The molecule has 0 aliphatic carbocycles. The van der Waals surface area contributed by atoms with Gasteiger partial charge in [-0.25, -0.2) is 0 Å². The monoisotopic (exact) mass is 326 g/mol. The third-order valence-corrected chi connectivity index (χ3v) is 5.02. The van der Waals surface area contributed by atoms with E-state index in [0.29, 0.717) is 5.56 Å². The lowest BCUT2D eigenvalue weighted by Crippen LogP contribution is -2.10. The first-order valence-electron chi connectivity index (χ1n) is 8.12. The Hall–Kier alpha value is -1.79. The fraction of sp³-hybridized carbons (Fsp3) is 0.350. The number of carbonyl (C=O) groups excluding carboxylic acids is 1. The minimum absolute atomic E-state index is 0.0290. The molecule has 1 unspecified atom stereocenters. The summed E-state index contributed by atoms with van der Waals surface area (Å²) >= 11 is 0. The van der Waals surface area contributed by atoms with Crippen LogP contribution in [0.15, 0.2) is 42.5 Å². The summed E-state index contributed by atoms with van der Waals surface area (Å²) in [4.78, 5) is 13.1. The van der Waals surface area contributed by atoms with Crippen LogP contribution in [0.3, 0.4) is 0 Å². The van der Waals surface area contributed by atoms with Crippen molar-refractivity contribution in [1.29, 1.82) is 0 Å². The quantitative estimate of drug-likeness (QED) is 0.458. The number of benzene rings is 2. The lowest BCUT2D eigenvalue weighted by molar-refractivity contribution is 0.103. The molecule has 0 aliphatic heterocycles. The maximum atomic E-state index is 13.1. The SMILES string of the molecule is CCCCC(P=O)c1ccccc1C(=O)c1c(C)cccc1C. The molecule has 0 radical (unpaired) electrons. The minimum atomic E-state index is -0.112. The Balaban J connectivity index is 2.48. The maximum Gasteiger partial charge on any atom is 0.193 e. The molecule has 120 valence electrons. The average Bonchev–Trinajstić information content (AvgIpc) is 2.55. The highest BCUT2D eigenvalue weighted by molar-refractivity contribution is 7.24. The molecule has 2 aromatic rings. The van der Waals surface area contributed by atoms with Gasteiger partial charge in [0.25, 0.3) is 0 Å². The van der Waals surface area contributed by atoms with E-state index in [1.54, 1.807) is 0 Å². The smallest absolute Gasteiger partial charge is 0.193 e. The molecule has 1 atom stereocenters. The van der Waals surface area contributed by atoms with Crippen molar-refractivity contribution in [3.63, 3.8) is 0 Å². The number of rotatable bonds is 7. The number of hydrogen-bond donors (Lipinski definition) is 0. The van der Waals surface area contributed by atoms with Crippen molar-refractivity contribution >= 4 is 14.2 Å². The van der Waals surface area contributed by atoms with E-state index < -0.39 is 0 Å². The van der Waals surface area contributed by atoms with Gasteiger partial charge in [0, 0.05) is 11.1 Å². The molecular formula is C20H23O2P. The third-order valence-electron chi connectivity index (χ3n) is 4.23. The Kier molecular flexibility index (Phi) is 6.24. The van der Waals surface area contributed by atoms with Crippen LogP contribution in [0.1, 0.15) is 64.5 Å². The van der Waals surface area contributed by atoms with Crippen molar-refractivity contribution in [2.24, 2.45) is 0 Å². The van der Waals surface area contributed by atoms with E-state index in [2.05, 4.69) is 6.92 Å². The summed E-state index contributed by atoms with van der Waals surface area (Å²) in [6.07, 6.45) is 2.89. The van der Waals surface area contributed by atoms with Gasteiger partial charge in [-0.15, -0.1) is 0 Å². The zero-order chi connectivity index (χ0) is 16.8. The second-order valence-corrected chi connectivity index (χ2v) is 6.78. The summed E-state index contributed by atoms with van der Waals surface area (Å²) in [5, 5.41) is 0. The molecule has 0 saturated heterocycles. The van der Waals surface area contributed by atoms with E-state index in [1.807, 2.05) is 56.3 Å². The van der Waals surface area contributed by atoms with Gasteiger partial charge in [0.15, 0.2) is 14.2 Å². The van der Waals surface area contributed by atoms with Gasteiger partial charge < -0.3 is 0 Å². The lowest BCUT2D eigenvalue weighted by Gasteiger charge is -2.15. The molecule has 2 aromatic carbocycles. The van der Waals surface area contributed by atoms with Crippen molar-refractivity contribution in [2.45, 2.75) is 45.7 Å². The summed E-state index contributed by atoms with van der Waals surface area (Å²) < 4.78 is 11.6. The fourth-order valence-corrected chi connectivity index (χ4v) is 3.59. The standard InChI is InChI=1S/C20H23O2P/c1-4-5-13-18(23-22)16-11-6-7-12-17(16)20(21)19-14(2)9-8-10-15(19)3/h6-12,18H,4-5,13H2,1-3H3. The van der Waals surface area contributed by atoms with Crippen LogP contribution in [-0.4, -0.2) is 5.78 Å². The van der Waals surface area contributed by atoms with Crippen LogP contribution in [0.4, 0.5) is 0 Å². The molecule has 3 heteroatoms. The summed E-state index contributed by atoms with van der Waals surface area (Å²) in [7, 11) is 0.0856. The first kappa shape index (κ1) is 17.6. The first-order valence-corrected chi connectivity index (χ1v) is 9.00. The third kappa shape index (κ3) is 3.95. The van der Waals surface area contributed by atoms with Gasteiger partial charge in [0.2, 0.25) is 0 Å². The van der Waals surface area contributed by atoms with Crippen LogP contribution < -0.4 is 0 Å². The maximum absolute atomic E-state index is 13.1. The van der Waals surface area contributed by atoms with Gasteiger partial charge in [-0.1, -0.05) is 62.2 Å². The molecular weight excluding hydrogens is 303 g/mol. The number of ketones is 1. The first-order chi connectivity index (χ1) is 11.1.